The molecule has 0 radical (unpaired) electrons. The summed E-state index contributed by atoms with van der Waals surface area (Å²) in [6.45, 7) is 5.33. The van der Waals surface area contributed by atoms with Crippen LogP contribution in [0.4, 0.5) is 0 Å². The van der Waals surface area contributed by atoms with E-state index >= 15 is 0 Å². The first-order valence-corrected chi connectivity index (χ1v) is 5.31. The molecule has 1 atom stereocenters. The fraction of sp³-hybridized carbons (Fsp3) is 0.818. The average molecular weight is 213 g/mol. The van der Waals surface area contributed by atoms with Gasteiger partial charge in [-0.2, -0.15) is 0 Å². The van der Waals surface area contributed by atoms with Crippen LogP contribution in [-0.4, -0.2) is 23.4 Å². The summed E-state index contributed by atoms with van der Waals surface area (Å²) < 4.78 is 5.08. The number of esters is 1. The molecular weight excluding hydrogens is 194 g/mol. The van der Waals surface area contributed by atoms with Crippen molar-refractivity contribution in [1.82, 2.24) is 0 Å². The predicted octanol–water partition coefficient (Wildman–Crippen LogP) is 1.02. The Balaban J connectivity index is 2.35. The third-order valence-electron chi connectivity index (χ3n) is 2.16. The van der Waals surface area contributed by atoms with Crippen molar-refractivity contribution < 1.29 is 14.3 Å². The van der Waals surface area contributed by atoms with Gasteiger partial charge in [0.05, 0.1) is 0 Å². The molecule has 0 heterocycles. The second-order valence-electron chi connectivity index (χ2n) is 5.08. The first-order chi connectivity index (χ1) is 6.79. The summed E-state index contributed by atoms with van der Waals surface area (Å²) in [5, 5.41) is 0. The van der Waals surface area contributed by atoms with Crippen LogP contribution in [0.1, 0.15) is 40.0 Å². The largest absolute Gasteiger partial charge is 0.459 e. The second kappa shape index (κ2) is 4.31. The standard InChI is InChI=1S/C11H19NO3/c1-11(2,3)15-10(14)8(12)6-9(13)7-4-5-7/h7-8H,4-6,12H2,1-3H3. The number of nitrogens with two attached hydrogens (primary N) is 1. The molecule has 0 aromatic carbocycles. The molecule has 1 aliphatic carbocycles. The van der Waals surface area contributed by atoms with E-state index in [-0.39, 0.29) is 18.1 Å². The first kappa shape index (κ1) is 12.2. The van der Waals surface area contributed by atoms with Crippen molar-refractivity contribution in [2.45, 2.75) is 51.7 Å². The minimum absolute atomic E-state index is 0.0911. The van der Waals surface area contributed by atoms with Gasteiger partial charge in [0.2, 0.25) is 0 Å². The van der Waals surface area contributed by atoms with Gasteiger partial charge in [0.15, 0.2) is 0 Å². The molecule has 0 bridgehead atoms. The molecule has 15 heavy (non-hydrogen) atoms. The van der Waals surface area contributed by atoms with Gasteiger partial charge in [-0.15, -0.1) is 0 Å². The number of ketones is 1. The van der Waals surface area contributed by atoms with Crippen LogP contribution in [0.2, 0.25) is 0 Å². The van der Waals surface area contributed by atoms with Crippen LogP contribution in [-0.2, 0) is 14.3 Å². The molecule has 1 aliphatic rings. The van der Waals surface area contributed by atoms with Gasteiger partial charge in [0.1, 0.15) is 17.4 Å². The van der Waals surface area contributed by atoms with E-state index < -0.39 is 17.6 Å². The minimum atomic E-state index is -0.808. The van der Waals surface area contributed by atoms with E-state index in [4.69, 9.17) is 10.5 Å². The quantitative estimate of drug-likeness (QED) is 0.708. The van der Waals surface area contributed by atoms with Gasteiger partial charge in [-0.05, 0) is 33.6 Å². The fourth-order valence-corrected chi connectivity index (χ4v) is 1.25. The van der Waals surface area contributed by atoms with Crippen molar-refractivity contribution in [2.75, 3.05) is 0 Å². The Morgan fingerprint density at radius 2 is 1.93 bits per heavy atom. The summed E-state index contributed by atoms with van der Waals surface area (Å²) in [6.07, 6.45) is 2.00. The third-order valence-corrected chi connectivity index (χ3v) is 2.16. The first-order valence-electron chi connectivity index (χ1n) is 5.31. The van der Waals surface area contributed by atoms with Crippen LogP contribution in [0.15, 0.2) is 0 Å². The SMILES string of the molecule is CC(C)(C)OC(=O)C(N)CC(=O)C1CC1. The van der Waals surface area contributed by atoms with Crippen molar-refractivity contribution >= 4 is 11.8 Å². The Morgan fingerprint density at radius 1 is 1.40 bits per heavy atom. The van der Waals surface area contributed by atoms with Crippen molar-refractivity contribution in [2.24, 2.45) is 11.7 Å². The van der Waals surface area contributed by atoms with Gasteiger partial charge < -0.3 is 10.5 Å². The second-order valence-corrected chi connectivity index (χ2v) is 5.08. The maximum Gasteiger partial charge on any atom is 0.323 e. The molecule has 1 unspecified atom stereocenters. The molecule has 0 aromatic rings. The summed E-state index contributed by atoms with van der Waals surface area (Å²) in [4.78, 5) is 22.8. The van der Waals surface area contributed by atoms with Crippen molar-refractivity contribution in [3.8, 4) is 0 Å². The zero-order valence-corrected chi connectivity index (χ0v) is 9.58. The summed E-state index contributed by atoms with van der Waals surface area (Å²) in [7, 11) is 0. The summed E-state index contributed by atoms with van der Waals surface area (Å²) in [5.74, 6) is -0.247. The monoisotopic (exact) mass is 213 g/mol. The normalized spacial score (nSPS) is 18.4. The van der Waals surface area contributed by atoms with Crippen LogP contribution < -0.4 is 5.73 Å². The fourth-order valence-electron chi connectivity index (χ4n) is 1.25. The van der Waals surface area contributed by atoms with Crippen LogP contribution in [0, 0.1) is 5.92 Å². The molecule has 0 aromatic heterocycles. The Kier molecular flexibility index (Phi) is 3.50. The molecule has 0 amide bonds. The predicted molar refractivity (Wildman–Crippen MR) is 56.2 cm³/mol. The lowest BCUT2D eigenvalue weighted by molar-refractivity contribution is -0.157. The van der Waals surface area contributed by atoms with Gasteiger partial charge in [-0.3, -0.25) is 9.59 Å². The lowest BCUT2D eigenvalue weighted by Crippen LogP contribution is -2.39. The lowest BCUT2D eigenvalue weighted by Gasteiger charge is -2.21. The maximum atomic E-state index is 11.4. The highest BCUT2D eigenvalue weighted by atomic mass is 16.6. The third kappa shape index (κ3) is 4.42. The lowest BCUT2D eigenvalue weighted by atomic mass is 10.1. The zero-order chi connectivity index (χ0) is 11.6. The van der Waals surface area contributed by atoms with Crippen molar-refractivity contribution in [3.05, 3.63) is 0 Å². The van der Waals surface area contributed by atoms with Crippen LogP contribution in [0.3, 0.4) is 0 Å². The smallest absolute Gasteiger partial charge is 0.323 e. The molecule has 1 rings (SSSR count). The number of carbonyl (C=O) groups excluding carboxylic acids is 2. The molecule has 4 heteroatoms. The summed E-state index contributed by atoms with van der Waals surface area (Å²) in [6, 6.07) is -0.808. The summed E-state index contributed by atoms with van der Waals surface area (Å²) >= 11 is 0. The molecule has 0 saturated heterocycles. The average Bonchev–Trinajstić information content (AvgIpc) is 2.82. The highest BCUT2D eigenvalue weighted by Gasteiger charge is 2.32. The van der Waals surface area contributed by atoms with Gasteiger partial charge in [0, 0.05) is 12.3 Å². The number of hydrogen-bond donors (Lipinski definition) is 1. The van der Waals surface area contributed by atoms with E-state index in [1.165, 1.54) is 0 Å². The number of rotatable bonds is 4. The zero-order valence-electron chi connectivity index (χ0n) is 9.58. The molecular formula is C11H19NO3. The minimum Gasteiger partial charge on any atom is -0.459 e. The number of hydrogen-bond acceptors (Lipinski definition) is 4. The van der Waals surface area contributed by atoms with E-state index in [2.05, 4.69) is 0 Å². The highest BCUT2D eigenvalue weighted by Crippen LogP contribution is 2.31. The Morgan fingerprint density at radius 3 is 2.33 bits per heavy atom. The molecule has 1 fully saturated rings. The topological polar surface area (TPSA) is 69.4 Å². The molecule has 86 valence electrons. The Labute approximate surface area is 90.2 Å². The molecule has 0 aliphatic heterocycles. The van der Waals surface area contributed by atoms with Crippen LogP contribution in [0.25, 0.3) is 0 Å². The van der Waals surface area contributed by atoms with Crippen LogP contribution in [0.5, 0.6) is 0 Å². The highest BCUT2D eigenvalue weighted by molar-refractivity contribution is 5.89. The summed E-state index contributed by atoms with van der Waals surface area (Å²) in [5.41, 5.74) is 5.05. The number of ether oxygens (including phenoxy) is 1. The van der Waals surface area contributed by atoms with Gasteiger partial charge in [-0.25, -0.2) is 0 Å². The maximum absolute atomic E-state index is 11.4. The van der Waals surface area contributed by atoms with E-state index in [0.29, 0.717) is 0 Å². The molecule has 2 N–H and O–H groups in total. The van der Waals surface area contributed by atoms with E-state index in [0.717, 1.165) is 12.8 Å². The van der Waals surface area contributed by atoms with E-state index in [9.17, 15) is 9.59 Å². The number of Topliss-reactive ketones (excluding diaryl/α,β-unsaturated/α-hetero) is 1. The van der Waals surface area contributed by atoms with Crippen molar-refractivity contribution in [3.63, 3.8) is 0 Å². The van der Waals surface area contributed by atoms with Gasteiger partial charge in [0.25, 0.3) is 0 Å². The Bertz CT molecular complexity index is 263. The van der Waals surface area contributed by atoms with Crippen LogP contribution >= 0.6 is 0 Å². The number of carbonyl (C=O) groups is 2. The molecule has 4 nitrogen and oxygen atoms in total. The van der Waals surface area contributed by atoms with Crippen molar-refractivity contribution in [1.29, 1.82) is 0 Å². The molecule has 0 spiro atoms. The Hall–Kier alpha value is -0.900. The van der Waals surface area contributed by atoms with E-state index in [1.807, 2.05) is 0 Å². The van der Waals surface area contributed by atoms with Gasteiger partial charge >= 0.3 is 5.97 Å². The molecule has 1 saturated carbocycles. The van der Waals surface area contributed by atoms with E-state index in [1.54, 1.807) is 20.8 Å². The van der Waals surface area contributed by atoms with Gasteiger partial charge in [-0.1, -0.05) is 0 Å².